The lowest BCUT2D eigenvalue weighted by atomic mass is 9.63. The Morgan fingerprint density at radius 3 is 2.83 bits per heavy atom. The van der Waals surface area contributed by atoms with Crippen molar-refractivity contribution in [3.05, 3.63) is 63.1 Å². The van der Waals surface area contributed by atoms with Crippen molar-refractivity contribution in [3.8, 4) is 0 Å². The Kier molecular flexibility index (Phi) is 5.61. The monoisotopic (exact) mass is 543 g/mol. The molecule has 0 spiro atoms. The summed E-state index contributed by atoms with van der Waals surface area (Å²) < 4.78 is 43.9. The highest BCUT2D eigenvalue weighted by atomic mass is 79.9. The third-order valence-electron chi connectivity index (χ3n) is 5.85. The summed E-state index contributed by atoms with van der Waals surface area (Å²) in [5.74, 6) is -0.309. The molecule has 1 saturated carbocycles. The normalized spacial score (nSPS) is 23.4. The van der Waals surface area contributed by atoms with Gasteiger partial charge < -0.3 is 5.32 Å². The van der Waals surface area contributed by atoms with Crippen LogP contribution in [0.15, 0.2) is 56.6 Å². The second kappa shape index (κ2) is 7.76. The van der Waals surface area contributed by atoms with E-state index in [0.717, 1.165) is 30.4 Å². The predicted molar refractivity (Wildman–Crippen MR) is 118 cm³/mol. The fourth-order valence-electron chi connectivity index (χ4n) is 4.55. The lowest BCUT2D eigenvalue weighted by Gasteiger charge is -2.42. The molecule has 154 valence electrons. The molecule has 1 aliphatic carbocycles. The Balaban J connectivity index is 1.63. The van der Waals surface area contributed by atoms with Crippen molar-refractivity contribution in [2.75, 3.05) is 11.9 Å². The zero-order chi connectivity index (χ0) is 20.8. The van der Waals surface area contributed by atoms with E-state index in [-0.39, 0.29) is 23.3 Å². The molecule has 2 heterocycles. The Morgan fingerprint density at radius 2 is 2.07 bits per heavy atom. The van der Waals surface area contributed by atoms with E-state index < -0.39 is 15.4 Å². The van der Waals surface area contributed by atoms with Crippen LogP contribution >= 0.6 is 31.9 Å². The second-order valence-corrected chi connectivity index (χ2v) is 11.1. The first-order valence-electron chi connectivity index (χ1n) is 9.28. The summed E-state index contributed by atoms with van der Waals surface area (Å²) in [4.78, 5) is 4.02. The van der Waals surface area contributed by atoms with Gasteiger partial charge >= 0.3 is 0 Å². The molecule has 5 nitrogen and oxygen atoms in total. The highest BCUT2D eigenvalue weighted by molar-refractivity contribution is 9.10. The number of sulfonamides is 1. The first-order valence-corrected chi connectivity index (χ1v) is 12.4. The van der Waals surface area contributed by atoms with Gasteiger partial charge in [-0.2, -0.15) is 0 Å². The van der Waals surface area contributed by atoms with Crippen LogP contribution in [0.4, 0.5) is 10.1 Å². The Labute approximate surface area is 186 Å². The molecular formula is C20H20Br2FN3O2S. The number of rotatable bonds is 5. The van der Waals surface area contributed by atoms with Crippen molar-refractivity contribution in [2.45, 2.75) is 42.0 Å². The van der Waals surface area contributed by atoms with Crippen LogP contribution < -0.4 is 10.0 Å². The molecule has 1 aromatic heterocycles. The van der Waals surface area contributed by atoms with Crippen LogP contribution in [0.1, 0.15) is 31.2 Å². The third kappa shape index (κ3) is 3.66. The molecule has 2 unspecified atom stereocenters. The van der Waals surface area contributed by atoms with E-state index in [1.54, 1.807) is 0 Å². The average Bonchev–Trinajstić information content (AvgIpc) is 2.98. The summed E-state index contributed by atoms with van der Waals surface area (Å²) in [6.45, 7) is 4.51. The predicted octanol–water partition coefficient (Wildman–Crippen LogP) is 4.89. The molecule has 2 aromatic rings. The third-order valence-corrected chi connectivity index (χ3v) is 8.17. The first-order chi connectivity index (χ1) is 13.7. The van der Waals surface area contributed by atoms with Crippen LogP contribution in [0.5, 0.6) is 0 Å². The maximum Gasteiger partial charge on any atom is 0.242 e. The molecule has 0 amide bonds. The van der Waals surface area contributed by atoms with Gasteiger partial charge in [-0.15, -0.1) is 0 Å². The molecule has 0 saturated heterocycles. The molecule has 4 rings (SSSR count). The number of anilines is 1. The van der Waals surface area contributed by atoms with E-state index in [4.69, 9.17) is 0 Å². The van der Waals surface area contributed by atoms with Crippen LogP contribution in [0.3, 0.4) is 0 Å². The molecule has 0 radical (unpaired) electrons. The summed E-state index contributed by atoms with van der Waals surface area (Å²) in [5.41, 5.74) is 1.86. The molecular weight excluding hydrogens is 525 g/mol. The summed E-state index contributed by atoms with van der Waals surface area (Å²) in [5, 5.41) is 3.34. The van der Waals surface area contributed by atoms with Gasteiger partial charge in [0.25, 0.3) is 0 Å². The largest absolute Gasteiger partial charge is 0.378 e. The fourth-order valence-corrected chi connectivity index (χ4v) is 6.51. The van der Waals surface area contributed by atoms with Gasteiger partial charge in [0.05, 0.1) is 5.69 Å². The first kappa shape index (κ1) is 21.0. The highest BCUT2D eigenvalue weighted by Crippen LogP contribution is 2.54. The molecule has 0 bridgehead atoms. The van der Waals surface area contributed by atoms with Crippen LogP contribution in [0, 0.1) is 5.82 Å². The van der Waals surface area contributed by atoms with E-state index in [9.17, 15) is 12.8 Å². The number of nitrogens with one attached hydrogen (secondary N) is 2. The van der Waals surface area contributed by atoms with Crippen LogP contribution in [-0.2, 0) is 15.4 Å². The van der Waals surface area contributed by atoms with Gasteiger partial charge in [-0.3, -0.25) is 4.98 Å². The Bertz CT molecular complexity index is 1090. The lowest BCUT2D eigenvalue weighted by molar-refractivity contribution is 0.344. The smallest absolute Gasteiger partial charge is 0.242 e. The highest BCUT2D eigenvalue weighted by Gasteiger charge is 2.50. The number of aromatic nitrogens is 1. The molecule has 9 heteroatoms. The number of halogens is 3. The number of pyridine rings is 1. The van der Waals surface area contributed by atoms with Gasteiger partial charge in [0.2, 0.25) is 10.0 Å². The van der Waals surface area contributed by atoms with Gasteiger partial charge in [-0.1, -0.05) is 28.1 Å². The molecule has 1 fully saturated rings. The maximum atomic E-state index is 14.6. The average molecular weight is 545 g/mol. The van der Waals surface area contributed by atoms with E-state index in [1.165, 1.54) is 24.5 Å². The van der Waals surface area contributed by atoms with Crippen molar-refractivity contribution in [1.29, 1.82) is 0 Å². The standard InChI is InChI=1S/C20H20Br2FN3O2S/c1-12-3-2-4-18-20(12,16-8-13(21)9-17(23)19(16)26-18)5-6-25-29(27,28)15-7-14(22)10-24-11-15/h7-11,18,25-26H,1-6H2. The Hall–Kier alpha value is -1.29. The van der Waals surface area contributed by atoms with Crippen molar-refractivity contribution < 1.29 is 12.8 Å². The second-order valence-electron chi connectivity index (χ2n) is 7.46. The molecule has 29 heavy (non-hydrogen) atoms. The van der Waals surface area contributed by atoms with Gasteiger partial charge in [0.1, 0.15) is 10.7 Å². The quantitative estimate of drug-likeness (QED) is 0.526. The summed E-state index contributed by atoms with van der Waals surface area (Å²) in [6, 6.07) is 4.88. The van der Waals surface area contributed by atoms with E-state index >= 15 is 0 Å². The molecule has 2 atom stereocenters. The van der Waals surface area contributed by atoms with Crippen molar-refractivity contribution in [1.82, 2.24) is 9.71 Å². The van der Waals surface area contributed by atoms with Gasteiger partial charge in [0.15, 0.2) is 0 Å². The zero-order valence-electron chi connectivity index (χ0n) is 15.5. The van der Waals surface area contributed by atoms with Crippen LogP contribution in [0.25, 0.3) is 0 Å². The summed E-state index contributed by atoms with van der Waals surface area (Å²) in [7, 11) is -3.70. The minimum absolute atomic E-state index is 0.000379. The fraction of sp³-hybridized carbons (Fsp3) is 0.350. The minimum Gasteiger partial charge on any atom is -0.378 e. The van der Waals surface area contributed by atoms with E-state index in [2.05, 4.69) is 53.5 Å². The molecule has 2 N–H and O–H groups in total. The molecule has 1 aromatic carbocycles. The number of hydrogen-bond donors (Lipinski definition) is 2. The minimum atomic E-state index is -3.70. The van der Waals surface area contributed by atoms with Crippen LogP contribution in [-0.4, -0.2) is 26.0 Å². The van der Waals surface area contributed by atoms with E-state index in [1.807, 2.05) is 6.07 Å². The summed E-state index contributed by atoms with van der Waals surface area (Å²) in [6.07, 6.45) is 6.04. The van der Waals surface area contributed by atoms with Gasteiger partial charge in [0, 0.05) is 39.3 Å². The van der Waals surface area contributed by atoms with E-state index in [0.29, 0.717) is 21.1 Å². The number of nitrogens with zero attached hydrogens (tertiary/aromatic N) is 1. The van der Waals surface area contributed by atoms with Gasteiger partial charge in [-0.25, -0.2) is 17.5 Å². The number of fused-ring (bicyclic) bond motifs is 3. The van der Waals surface area contributed by atoms with Crippen molar-refractivity contribution >= 4 is 47.6 Å². The van der Waals surface area contributed by atoms with Crippen molar-refractivity contribution in [3.63, 3.8) is 0 Å². The summed E-state index contributed by atoms with van der Waals surface area (Å²) >= 11 is 6.64. The number of hydrogen-bond acceptors (Lipinski definition) is 4. The SMILES string of the molecule is C=C1CCCC2Nc3c(F)cc(Br)cc3C12CCNS(=O)(=O)c1cncc(Br)c1. The van der Waals surface area contributed by atoms with Crippen LogP contribution in [0.2, 0.25) is 0 Å². The Morgan fingerprint density at radius 1 is 1.28 bits per heavy atom. The molecule has 1 aliphatic heterocycles. The number of benzene rings is 1. The topological polar surface area (TPSA) is 71.1 Å². The van der Waals surface area contributed by atoms with Gasteiger partial charge in [-0.05, 0) is 65.4 Å². The molecule has 2 aliphatic rings. The maximum absolute atomic E-state index is 14.6. The zero-order valence-corrected chi connectivity index (χ0v) is 19.5. The lowest BCUT2D eigenvalue weighted by Crippen LogP contribution is -2.45. The van der Waals surface area contributed by atoms with Crippen molar-refractivity contribution in [2.24, 2.45) is 0 Å².